The molecule has 1 aliphatic heterocycles. The maximum Gasteiger partial charge on any atom is 0.342 e. The van der Waals surface area contributed by atoms with Crippen LogP contribution in [0.1, 0.15) is 40.1 Å². The van der Waals surface area contributed by atoms with Crippen molar-refractivity contribution in [2.24, 2.45) is 0 Å². The number of esters is 1. The van der Waals surface area contributed by atoms with Gasteiger partial charge in [0.1, 0.15) is 17.4 Å². The van der Waals surface area contributed by atoms with E-state index in [2.05, 4.69) is 10.3 Å². The van der Waals surface area contributed by atoms with Gasteiger partial charge in [-0.05, 0) is 32.4 Å². The van der Waals surface area contributed by atoms with Gasteiger partial charge in [0.2, 0.25) is 0 Å². The monoisotopic (exact) mass is 299 g/mol. The number of nitrogens with one attached hydrogen (secondary N) is 1. The third-order valence-electron chi connectivity index (χ3n) is 3.98. The molecule has 1 N–H and O–H groups in total. The number of ether oxygens (including phenoxy) is 1. The molecule has 0 aromatic carbocycles. The summed E-state index contributed by atoms with van der Waals surface area (Å²) in [5.41, 5.74) is 2.90. The van der Waals surface area contributed by atoms with Crippen molar-refractivity contribution in [3.05, 3.63) is 46.9 Å². The molecular weight excluding hydrogens is 282 g/mol. The molecule has 0 saturated carbocycles. The molecule has 114 valence electrons. The van der Waals surface area contributed by atoms with Crippen LogP contribution in [0.2, 0.25) is 0 Å². The maximum absolute atomic E-state index is 12.4. The minimum Gasteiger partial charge on any atom is -0.462 e. The van der Waals surface area contributed by atoms with Gasteiger partial charge in [0.25, 0.3) is 5.91 Å². The van der Waals surface area contributed by atoms with E-state index in [0.29, 0.717) is 18.0 Å². The SMILES string of the molecule is CCOC(=O)c1c(C)c(C)n2c1NC(=O)C2c1cccnc1. The van der Waals surface area contributed by atoms with Gasteiger partial charge < -0.3 is 14.6 Å². The van der Waals surface area contributed by atoms with Crippen LogP contribution >= 0.6 is 0 Å². The molecule has 0 radical (unpaired) electrons. The highest BCUT2D eigenvalue weighted by Crippen LogP contribution is 2.38. The Labute approximate surface area is 128 Å². The summed E-state index contributed by atoms with van der Waals surface area (Å²) in [6.07, 6.45) is 3.33. The maximum atomic E-state index is 12.4. The normalized spacial score (nSPS) is 16.3. The van der Waals surface area contributed by atoms with E-state index in [4.69, 9.17) is 4.74 Å². The van der Waals surface area contributed by atoms with Gasteiger partial charge in [-0.25, -0.2) is 4.79 Å². The molecule has 0 spiro atoms. The summed E-state index contributed by atoms with van der Waals surface area (Å²) in [5.74, 6) is -0.0760. The second-order valence-electron chi connectivity index (χ2n) is 5.20. The van der Waals surface area contributed by atoms with Crippen molar-refractivity contribution >= 4 is 17.7 Å². The fraction of sp³-hybridized carbons (Fsp3) is 0.312. The number of carbonyl (C=O) groups is 2. The first kappa shape index (κ1) is 14.3. The Morgan fingerprint density at radius 2 is 2.23 bits per heavy atom. The zero-order valence-corrected chi connectivity index (χ0v) is 12.7. The van der Waals surface area contributed by atoms with Gasteiger partial charge >= 0.3 is 5.97 Å². The first-order chi connectivity index (χ1) is 10.6. The molecule has 22 heavy (non-hydrogen) atoms. The number of aromatic nitrogens is 2. The second-order valence-corrected chi connectivity index (χ2v) is 5.20. The quantitative estimate of drug-likeness (QED) is 0.882. The molecule has 0 aliphatic carbocycles. The Bertz CT molecular complexity index is 750. The summed E-state index contributed by atoms with van der Waals surface area (Å²) in [5, 5.41) is 2.81. The molecule has 0 bridgehead atoms. The summed E-state index contributed by atoms with van der Waals surface area (Å²) in [6, 6.07) is 3.13. The molecule has 2 aromatic heterocycles. The van der Waals surface area contributed by atoms with Crippen molar-refractivity contribution in [2.75, 3.05) is 11.9 Å². The average molecular weight is 299 g/mol. The second kappa shape index (κ2) is 5.29. The van der Waals surface area contributed by atoms with E-state index in [1.807, 2.05) is 24.5 Å². The Morgan fingerprint density at radius 1 is 1.45 bits per heavy atom. The number of nitrogens with zero attached hydrogens (tertiary/aromatic N) is 2. The predicted octanol–water partition coefficient (Wildman–Crippen LogP) is 2.22. The molecular formula is C16H17N3O3. The molecule has 1 unspecified atom stereocenters. The smallest absolute Gasteiger partial charge is 0.342 e. The fourth-order valence-corrected chi connectivity index (χ4v) is 2.87. The molecule has 0 saturated heterocycles. The van der Waals surface area contributed by atoms with Crippen molar-refractivity contribution in [2.45, 2.75) is 26.8 Å². The Hall–Kier alpha value is -2.63. The van der Waals surface area contributed by atoms with Gasteiger partial charge in [0.05, 0.1) is 6.61 Å². The van der Waals surface area contributed by atoms with E-state index in [9.17, 15) is 9.59 Å². The molecule has 1 aliphatic rings. The van der Waals surface area contributed by atoms with Gasteiger partial charge in [-0.3, -0.25) is 9.78 Å². The van der Waals surface area contributed by atoms with Crippen LogP contribution in [0.25, 0.3) is 0 Å². The average Bonchev–Trinajstić information content (AvgIpc) is 2.95. The van der Waals surface area contributed by atoms with Crippen LogP contribution in [0.15, 0.2) is 24.5 Å². The minimum absolute atomic E-state index is 0.170. The van der Waals surface area contributed by atoms with Crippen LogP contribution in [-0.2, 0) is 9.53 Å². The molecule has 2 aromatic rings. The summed E-state index contributed by atoms with van der Waals surface area (Å²) in [7, 11) is 0. The lowest BCUT2D eigenvalue weighted by atomic mass is 10.1. The first-order valence-electron chi connectivity index (χ1n) is 7.15. The predicted molar refractivity (Wildman–Crippen MR) is 80.9 cm³/mol. The lowest BCUT2D eigenvalue weighted by Gasteiger charge is -2.12. The van der Waals surface area contributed by atoms with Gasteiger partial charge in [-0.15, -0.1) is 0 Å². The van der Waals surface area contributed by atoms with E-state index in [1.54, 1.807) is 25.4 Å². The molecule has 3 rings (SSSR count). The first-order valence-corrected chi connectivity index (χ1v) is 7.15. The van der Waals surface area contributed by atoms with E-state index >= 15 is 0 Å². The fourth-order valence-electron chi connectivity index (χ4n) is 2.87. The number of anilines is 1. The number of carbonyl (C=O) groups excluding carboxylic acids is 2. The van der Waals surface area contributed by atoms with E-state index < -0.39 is 12.0 Å². The van der Waals surface area contributed by atoms with Gasteiger partial charge in [0.15, 0.2) is 0 Å². The van der Waals surface area contributed by atoms with E-state index in [1.165, 1.54) is 0 Å². The number of rotatable bonds is 3. The Kier molecular flexibility index (Phi) is 3.44. The lowest BCUT2D eigenvalue weighted by molar-refractivity contribution is -0.117. The summed E-state index contributed by atoms with van der Waals surface area (Å²) in [4.78, 5) is 28.6. The molecule has 0 fully saturated rings. The van der Waals surface area contributed by atoms with Crippen LogP contribution < -0.4 is 5.32 Å². The zero-order valence-electron chi connectivity index (χ0n) is 12.7. The largest absolute Gasteiger partial charge is 0.462 e. The Balaban J connectivity index is 2.15. The van der Waals surface area contributed by atoms with Gasteiger partial charge in [0, 0.05) is 23.7 Å². The molecule has 6 heteroatoms. The molecule has 6 nitrogen and oxygen atoms in total. The molecule has 1 amide bonds. The topological polar surface area (TPSA) is 73.2 Å². The van der Waals surface area contributed by atoms with Crippen LogP contribution in [0.3, 0.4) is 0 Å². The van der Waals surface area contributed by atoms with Crippen LogP contribution in [0.5, 0.6) is 0 Å². The van der Waals surface area contributed by atoms with Crippen LogP contribution in [0, 0.1) is 13.8 Å². The van der Waals surface area contributed by atoms with Gasteiger partial charge in [-0.1, -0.05) is 6.07 Å². The van der Waals surface area contributed by atoms with Crippen molar-refractivity contribution in [3.63, 3.8) is 0 Å². The van der Waals surface area contributed by atoms with Crippen LogP contribution in [0.4, 0.5) is 5.82 Å². The minimum atomic E-state index is -0.509. The van der Waals surface area contributed by atoms with Crippen LogP contribution in [-0.4, -0.2) is 28.0 Å². The summed E-state index contributed by atoms with van der Waals surface area (Å²) < 4.78 is 6.96. The van der Waals surface area contributed by atoms with Crippen molar-refractivity contribution in [1.82, 2.24) is 9.55 Å². The standard InChI is InChI=1S/C16H17N3O3/c1-4-22-16(21)12-9(2)10(3)19-13(15(20)18-14(12)19)11-6-5-7-17-8-11/h5-8,13H,4H2,1-3H3,(H,18,20). The summed E-state index contributed by atoms with van der Waals surface area (Å²) >= 11 is 0. The highest BCUT2D eigenvalue weighted by Gasteiger charge is 2.38. The number of amides is 1. The van der Waals surface area contributed by atoms with Gasteiger partial charge in [-0.2, -0.15) is 0 Å². The van der Waals surface area contributed by atoms with E-state index in [0.717, 1.165) is 16.8 Å². The highest BCUT2D eigenvalue weighted by atomic mass is 16.5. The third kappa shape index (κ3) is 1.99. The lowest BCUT2D eigenvalue weighted by Crippen LogP contribution is -2.18. The molecule has 3 heterocycles. The Morgan fingerprint density at radius 3 is 2.86 bits per heavy atom. The van der Waals surface area contributed by atoms with Crippen molar-refractivity contribution < 1.29 is 14.3 Å². The third-order valence-corrected chi connectivity index (χ3v) is 3.98. The number of pyridine rings is 1. The molecule has 1 atom stereocenters. The number of fused-ring (bicyclic) bond motifs is 1. The number of hydrogen-bond donors (Lipinski definition) is 1. The number of hydrogen-bond acceptors (Lipinski definition) is 4. The zero-order chi connectivity index (χ0) is 15.9. The summed E-state index contributed by atoms with van der Waals surface area (Å²) in [6.45, 7) is 5.81. The van der Waals surface area contributed by atoms with Crippen molar-refractivity contribution in [3.8, 4) is 0 Å². The highest BCUT2D eigenvalue weighted by molar-refractivity contribution is 6.07. The van der Waals surface area contributed by atoms with Crippen molar-refractivity contribution in [1.29, 1.82) is 0 Å². The van der Waals surface area contributed by atoms with E-state index in [-0.39, 0.29) is 5.91 Å².